The molecule has 1 amide bonds. The molecule has 0 spiro atoms. The number of hydrogen-bond acceptors (Lipinski definition) is 4. The molecule has 0 N–H and O–H groups in total. The van der Waals surface area contributed by atoms with Gasteiger partial charge in [-0.1, -0.05) is 12.1 Å². The molecule has 1 aliphatic heterocycles. The van der Waals surface area contributed by atoms with Crippen LogP contribution >= 0.6 is 0 Å². The Morgan fingerprint density at radius 1 is 1.30 bits per heavy atom. The van der Waals surface area contributed by atoms with E-state index < -0.39 is 25.0 Å². The summed E-state index contributed by atoms with van der Waals surface area (Å²) in [5.74, 6) is -2.92. The lowest BCUT2D eigenvalue weighted by Gasteiger charge is -2.23. The number of ether oxygens (including phenoxy) is 1. The summed E-state index contributed by atoms with van der Waals surface area (Å²) in [4.78, 5) is 17.6. The minimum Gasteiger partial charge on any atom is -0.373 e. The summed E-state index contributed by atoms with van der Waals surface area (Å²) in [5.41, 5.74) is 1.11. The fourth-order valence-corrected chi connectivity index (χ4v) is 2.39. The van der Waals surface area contributed by atoms with Gasteiger partial charge >= 0.3 is 0 Å². The Bertz CT molecular complexity index is 700. The van der Waals surface area contributed by atoms with E-state index in [-0.39, 0.29) is 13.2 Å². The lowest BCUT2D eigenvalue weighted by atomic mass is 10.1. The number of aromatic nitrogens is 3. The van der Waals surface area contributed by atoms with Crippen LogP contribution in [-0.2, 0) is 11.8 Å². The molecule has 1 aromatic carbocycles. The van der Waals surface area contributed by atoms with Gasteiger partial charge in [0.15, 0.2) is 5.82 Å². The highest BCUT2D eigenvalue weighted by molar-refractivity contribution is 5.94. The van der Waals surface area contributed by atoms with Crippen molar-refractivity contribution in [2.45, 2.75) is 5.92 Å². The van der Waals surface area contributed by atoms with Gasteiger partial charge in [0.05, 0.1) is 13.2 Å². The number of carbonyl (C=O) groups excluding carboxylic acids is 1. The van der Waals surface area contributed by atoms with E-state index in [2.05, 4.69) is 10.1 Å². The molecule has 8 heteroatoms. The van der Waals surface area contributed by atoms with Gasteiger partial charge < -0.3 is 9.64 Å². The van der Waals surface area contributed by atoms with Gasteiger partial charge in [-0.3, -0.25) is 9.48 Å². The van der Waals surface area contributed by atoms with Gasteiger partial charge in [-0.2, -0.15) is 5.10 Å². The molecule has 0 unspecified atom stereocenters. The average Bonchev–Trinajstić information content (AvgIpc) is 2.87. The Balaban J connectivity index is 1.77. The SMILES string of the molecule is Cn1cnc(-c2ccc(C(=O)N3CCOCC(F)(F)C3)cc2)n1. The summed E-state index contributed by atoms with van der Waals surface area (Å²) < 4.78 is 33.5. The highest BCUT2D eigenvalue weighted by atomic mass is 19.3. The zero-order valence-corrected chi connectivity index (χ0v) is 12.6. The van der Waals surface area contributed by atoms with Crippen LogP contribution in [-0.4, -0.2) is 57.8 Å². The zero-order chi connectivity index (χ0) is 16.4. The van der Waals surface area contributed by atoms with Crippen molar-refractivity contribution in [2.75, 3.05) is 26.3 Å². The molecule has 1 saturated heterocycles. The molecule has 23 heavy (non-hydrogen) atoms. The van der Waals surface area contributed by atoms with Crippen molar-refractivity contribution in [3.8, 4) is 11.4 Å². The molecule has 3 rings (SSSR count). The maximum atomic E-state index is 13.5. The highest BCUT2D eigenvalue weighted by Crippen LogP contribution is 2.21. The van der Waals surface area contributed by atoms with E-state index in [1.54, 1.807) is 42.3 Å². The number of nitrogens with zero attached hydrogens (tertiary/aromatic N) is 4. The molecule has 122 valence electrons. The van der Waals surface area contributed by atoms with Crippen LogP contribution in [0.3, 0.4) is 0 Å². The number of amides is 1. The van der Waals surface area contributed by atoms with Crippen molar-refractivity contribution >= 4 is 5.91 Å². The van der Waals surface area contributed by atoms with Gasteiger partial charge in [0.1, 0.15) is 12.9 Å². The number of carbonyl (C=O) groups is 1. The van der Waals surface area contributed by atoms with E-state index in [0.717, 1.165) is 10.5 Å². The predicted molar refractivity (Wildman–Crippen MR) is 78.1 cm³/mol. The second kappa shape index (κ2) is 6.04. The minimum absolute atomic E-state index is 0.108. The van der Waals surface area contributed by atoms with Crippen LogP contribution in [0.1, 0.15) is 10.4 Å². The van der Waals surface area contributed by atoms with Crippen molar-refractivity contribution in [3.63, 3.8) is 0 Å². The number of rotatable bonds is 2. The molecule has 2 heterocycles. The second-order valence-electron chi connectivity index (χ2n) is 5.45. The van der Waals surface area contributed by atoms with E-state index in [1.807, 2.05) is 0 Å². The molecule has 1 aliphatic rings. The summed E-state index contributed by atoms with van der Waals surface area (Å²) in [5, 5.41) is 4.17. The third kappa shape index (κ3) is 3.53. The molecule has 1 aromatic heterocycles. The van der Waals surface area contributed by atoms with Crippen LogP contribution in [0.15, 0.2) is 30.6 Å². The van der Waals surface area contributed by atoms with E-state index in [1.165, 1.54) is 0 Å². The Morgan fingerprint density at radius 2 is 2.04 bits per heavy atom. The van der Waals surface area contributed by atoms with E-state index in [0.29, 0.717) is 11.4 Å². The second-order valence-corrected chi connectivity index (χ2v) is 5.45. The lowest BCUT2D eigenvalue weighted by molar-refractivity contribution is -0.0660. The highest BCUT2D eigenvalue weighted by Gasteiger charge is 2.36. The summed E-state index contributed by atoms with van der Waals surface area (Å²) in [6, 6.07) is 6.60. The third-order valence-corrected chi connectivity index (χ3v) is 3.52. The predicted octanol–water partition coefficient (Wildman–Crippen LogP) is 1.59. The molecular formula is C15H16F2N4O2. The fourth-order valence-electron chi connectivity index (χ4n) is 2.39. The standard InChI is InChI=1S/C15H16F2N4O2/c1-20-10-18-13(19-20)11-2-4-12(5-3-11)14(22)21-6-7-23-9-15(16,17)8-21/h2-5,10H,6-9H2,1H3. The number of aryl methyl sites for hydroxylation is 1. The van der Waals surface area contributed by atoms with Crippen LogP contribution in [0.2, 0.25) is 0 Å². The topological polar surface area (TPSA) is 60.2 Å². The third-order valence-electron chi connectivity index (χ3n) is 3.52. The normalized spacial score (nSPS) is 17.8. The quantitative estimate of drug-likeness (QED) is 0.842. The number of alkyl halides is 2. The van der Waals surface area contributed by atoms with E-state index in [4.69, 9.17) is 4.74 Å². The molecular weight excluding hydrogens is 306 g/mol. The molecule has 0 saturated carbocycles. The first-order valence-corrected chi connectivity index (χ1v) is 7.15. The Hall–Kier alpha value is -2.35. The molecule has 1 fully saturated rings. The van der Waals surface area contributed by atoms with Crippen molar-refractivity contribution in [3.05, 3.63) is 36.2 Å². The van der Waals surface area contributed by atoms with Crippen LogP contribution in [0, 0.1) is 0 Å². The molecule has 6 nitrogen and oxygen atoms in total. The van der Waals surface area contributed by atoms with Gasteiger partial charge in [0.25, 0.3) is 11.8 Å². The van der Waals surface area contributed by atoms with Gasteiger partial charge in [-0.05, 0) is 12.1 Å². The van der Waals surface area contributed by atoms with Crippen LogP contribution in [0.25, 0.3) is 11.4 Å². The number of halogens is 2. The van der Waals surface area contributed by atoms with Gasteiger partial charge in [0, 0.05) is 24.7 Å². The van der Waals surface area contributed by atoms with Gasteiger partial charge in [-0.25, -0.2) is 13.8 Å². The molecule has 2 aromatic rings. The Kier molecular flexibility index (Phi) is 4.08. The Morgan fingerprint density at radius 3 is 2.70 bits per heavy atom. The molecule has 0 bridgehead atoms. The van der Waals surface area contributed by atoms with Crippen molar-refractivity contribution in [1.82, 2.24) is 19.7 Å². The van der Waals surface area contributed by atoms with Crippen LogP contribution in [0.4, 0.5) is 8.78 Å². The van der Waals surface area contributed by atoms with Crippen LogP contribution < -0.4 is 0 Å². The number of benzene rings is 1. The summed E-state index contributed by atoms with van der Waals surface area (Å²) in [6.45, 7) is -1.02. The smallest absolute Gasteiger partial charge is 0.288 e. The van der Waals surface area contributed by atoms with Crippen LogP contribution in [0.5, 0.6) is 0 Å². The first-order valence-electron chi connectivity index (χ1n) is 7.15. The van der Waals surface area contributed by atoms with E-state index >= 15 is 0 Å². The summed E-state index contributed by atoms with van der Waals surface area (Å²) in [6.07, 6.45) is 1.58. The van der Waals surface area contributed by atoms with E-state index in [9.17, 15) is 13.6 Å². The first-order chi connectivity index (χ1) is 10.9. The fraction of sp³-hybridized carbons (Fsp3) is 0.400. The first kappa shape index (κ1) is 15.5. The Labute approximate surface area is 131 Å². The summed E-state index contributed by atoms with van der Waals surface area (Å²) >= 11 is 0. The molecule has 0 radical (unpaired) electrons. The monoisotopic (exact) mass is 322 g/mol. The maximum Gasteiger partial charge on any atom is 0.288 e. The zero-order valence-electron chi connectivity index (χ0n) is 12.6. The average molecular weight is 322 g/mol. The van der Waals surface area contributed by atoms with Crippen molar-refractivity contribution in [1.29, 1.82) is 0 Å². The van der Waals surface area contributed by atoms with Crippen molar-refractivity contribution in [2.24, 2.45) is 7.05 Å². The molecule has 0 aliphatic carbocycles. The van der Waals surface area contributed by atoms with Gasteiger partial charge in [0.2, 0.25) is 0 Å². The largest absolute Gasteiger partial charge is 0.373 e. The summed E-state index contributed by atoms with van der Waals surface area (Å²) in [7, 11) is 1.76. The lowest BCUT2D eigenvalue weighted by Crippen LogP contribution is -2.41. The van der Waals surface area contributed by atoms with Gasteiger partial charge in [-0.15, -0.1) is 0 Å². The molecule has 0 atom stereocenters. The minimum atomic E-state index is -3.02. The van der Waals surface area contributed by atoms with Crippen molar-refractivity contribution < 1.29 is 18.3 Å². The number of hydrogen-bond donors (Lipinski definition) is 0. The maximum absolute atomic E-state index is 13.5.